The smallest absolute Gasteiger partial charge is 0.318 e. The molecule has 8 rings (SSSR count). The number of hydrogen-bond donors (Lipinski definition) is 4. The van der Waals surface area contributed by atoms with Gasteiger partial charge in [0.25, 0.3) is 5.91 Å². The van der Waals surface area contributed by atoms with E-state index >= 15 is 4.79 Å². The molecule has 8 fully saturated rings. The molecule has 56 heavy (non-hydrogen) atoms. The summed E-state index contributed by atoms with van der Waals surface area (Å²) in [6, 6.07) is -3.05. The summed E-state index contributed by atoms with van der Waals surface area (Å²) in [5, 5.41) is 8.66. The largest absolute Gasteiger partial charge is 0.378 e. The van der Waals surface area contributed by atoms with Gasteiger partial charge in [0.05, 0.1) is 18.5 Å². The first-order chi connectivity index (χ1) is 26.4. The lowest BCUT2D eigenvalue weighted by Crippen LogP contribution is -2.63. The fraction of sp³-hybridized carbons (Fsp3) is 0.878. The number of nitrogens with zero attached hydrogens (tertiary/aromatic N) is 2. The normalized spacial score (nSPS) is 33.2. The Labute approximate surface area is 332 Å². The van der Waals surface area contributed by atoms with Crippen LogP contribution in [0.4, 0.5) is 4.79 Å². The van der Waals surface area contributed by atoms with E-state index in [9.17, 15) is 27.6 Å². The van der Waals surface area contributed by atoms with Crippen molar-refractivity contribution >= 4 is 39.7 Å². The molecule has 15 heteroatoms. The summed E-state index contributed by atoms with van der Waals surface area (Å²) in [4.78, 5) is 75.1. The number of fused-ring (bicyclic) bond motifs is 1. The molecule has 6 aliphatic carbocycles. The van der Waals surface area contributed by atoms with Crippen LogP contribution >= 0.6 is 0 Å². The zero-order valence-electron chi connectivity index (χ0n) is 34.0. The second-order valence-electron chi connectivity index (χ2n) is 20.3. The highest BCUT2D eigenvalue weighted by atomic mass is 32.2. The van der Waals surface area contributed by atoms with Crippen LogP contribution in [-0.2, 0) is 33.9 Å². The van der Waals surface area contributed by atoms with Gasteiger partial charge in [-0.15, -0.1) is 0 Å². The van der Waals surface area contributed by atoms with Crippen molar-refractivity contribution in [1.82, 2.24) is 30.5 Å². The topological polar surface area (TPSA) is 183 Å². The fourth-order valence-corrected chi connectivity index (χ4v) is 13.1. The maximum Gasteiger partial charge on any atom is 0.318 e. The second kappa shape index (κ2) is 13.8. The Morgan fingerprint density at radius 1 is 0.821 bits per heavy atom. The van der Waals surface area contributed by atoms with Crippen LogP contribution in [0, 0.1) is 39.4 Å². The van der Waals surface area contributed by atoms with E-state index in [1.165, 1.54) is 0 Å². The summed E-state index contributed by atoms with van der Waals surface area (Å²) >= 11 is 0. The van der Waals surface area contributed by atoms with Crippen molar-refractivity contribution in [3.63, 3.8) is 0 Å². The summed E-state index contributed by atoms with van der Waals surface area (Å²) in [5.41, 5.74) is -2.50. The molecule has 0 aromatic rings. The molecular formula is C41H64N6O8S. The van der Waals surface area contributed by atoms with Crippen LogP contribution in [0.2, 0.25) is 0 Å². The molecule has 0 radical (unpaired) electrons. The fourth-order valence-electron chi connectivity index (χ4n) is 11.8. The van der Waals surface area contributed by atoms with E-state index in [0.29, 0.717) is 58.5 Å². The third-order valence-electron chi connectivity index (χ3n) is 15.9. The minimum Gasteiger partial charge on any atom is -0.378 e. The number of likely N-dealkylation sites (tertiary alicyclic amines) is 1. The highest BCUT2D eigenvalue weighted by Crippen LogP contribution is 2.88. The summed E-state index contributed by atoms with van der Waals surface area (Å²) in [6.07, 6.45) is 11.4. The van der Waals surface area contributed by atoms with Gasteiger partial charge in [-0.25, -0.2) is 13.2 Å². The number of ether oxygens (including phenoxy) is 1. The van der Waals surface area contributed by atoms with Crippen LogP contribution < -0.4 is 20.7 Å². The van der Waals surface area contributed by atoms with E-state index in [1.807, 2.05) is 20.8 Å². The van der Waals surface area contributed by atoms with E-state index in [1.54, 1.807) is 9.80 Å². The average Bonchev–Trinajstić information content (AvgIpc) is 3.96. The highest BCUT2D eigenvalue weighted by Gasteiger charge is 2.85. The van der Waals surface area contributed by atoms with Crippen molar-refractivity contribution in [2.24, 2.45) is 39.4 Å². The van der Waals surface area contributed by atoms with Gasteiger partial charge >= 0.3 is 6.03 Å². The van der Waals surface area contributed by atoms with Crippen LogP contribution in [0.3, 0.4) is 0 Å². The SMILES string of the molecule is CC(C)(C)[C@H](NC(=O)[C@@H](NC(=O)N1CCOCC1)C1CCCCC1)C(=O)N1C[C@]2(C[C@H]1C(=O)N[C@]1(C(=O)NS(=O)(=O)C3CC3)C[C@H]1C1CC1)C(C)(C)C21CCC1. The van der Waals surface area contributed by atoms with Crippen molar-refractivity contribution in [3.8, 4) is 0 Å². The molecule has 6 saturated carbocycles. The minimum atomic E-state index is -3.83. The molecule has 2 saturated heterocycles. The number of carbonyl (C=O) groups is 5. The second-order valence-corrected chi connectivity index (χ2v) is 22.3. The van der Waals surface area contributed by atoms with Gasteiger partial charge in [0, 0.05) is 25.0 Å². The number of urea groups is 1. The van der Waals surface area contributed by atoms with Gasteiger partial charge in [0.2, 0.25) is 27.7 Å². The van der Waals surface area contributed by atoms with Gasteiger partial charge in [-0.2, -0.15) is 0 Å². The molecule has 6 atom stereocenters. The van der Waals surface area contributed by atoms with Gasteiger partial charge in [-0.05, 0) is 98.2 Å². The Hall–Kier alpha value is -2.94. The van der Waals surface area contributed by atoms with Crippen molar-refractivity contribution in [3.05, 3.63) is 0 Å². The molecule has 14 nitrogen and oxygen atoms in total. The summed E-state index contributed by atoms with van der Waals surface area (Å²) in [6.45, 7) is 12.3. The van der Waals surface area contributed by atoms with Crippen molar-refractivity contribution in [1.29, 1.82) is 0 Å². The quantitative estimate of drug-likeness (QED) is 0.246. The first-order valence-electron chi connectivity index (χ1n) is 21.5. The maximum absolute atomic E-state index is 15.2. The predicted molar refractivity (Wildman–Crippen MR) is 207 cm³/mol. The first kappa shape index (κ1) is 39.9. The molecule has 6 amide bonds. The first-order valence-corrected chi connectivity index (χ1v) is 23.0. The molecule has 0 aromatic heterocycles. The molecule has 0 bridgehead atoms. The number of sulfonamides is 1. The summed E-state index contributed by atoms with van der Waals surface area (Å²) < 4.78 is 33.6. The van der Waals surface area contributed by atoms with E-state index in [2.05, 4.69) is 34.5 Å². The van der Waals surface area contributed by atoms with Crippen LogP contribution in [0.5, 0.6) is 0 Å². The summed E-state index contributed by atoms with van der Waals surface area (Å²) in [5.74, 6) is -1.84. The molecule has 2 spiro atoms. The lowest BCUT2D eigenvalue weighted by molar-refractivity contribution is -0.145. The van der Waals surface area contributed by atoms with Gasteiger partial charge < -0.3 is 30.5 Å². The van der Waals surface area contributed by atoms with Crippen LogP contribution in [0.25, 0.3) is 0 Å². The maximum atomic E-state index is 15.2. The Kier molecular flexibility index (Phi) is 9.85. The van der Waals surface area contributed by atoms with Crippen molar-refractivity contribution in [2.45, 2.75) is 153 Å². The number of morpholine rings is 1. The van der Waals surface area contributed by atoms with Gasteiger partial charge in [0.15, 0.2) is 0 Å². The lowest BCUT2D eigenvalue weighted by atomic mass is 9.73. The number of amides is 6. The molecule has 2 heterocycles. The average molecular weight is 801 g/mol. The Bertz CT molecular complexity index is 1740. The van der Waals surface area contributed by atoms with Crippen LogP contribution in [0.15, 0.2) is 0 Å². The van der Waals surface area contributed by atoms with E-state index in [-0.39, 0.29) is 45.9 Å². The Morgan fingerprint density at radius 3 is 2.04 bits per heavy atom. The minimum absolute atomic E-state index is 0.00736. The van der Waals surface area contributed by atoms with Crippen molar-refractivity contribution < 1.29 is 37.1 Å². The molecule has 8 aliphatic rings. The lowest BCUT2D eigenvalue weighted by Gasteiger charge is -2.38. The molecule has 4 N–H and O–H groups in total. The van der Waals surface area contributed by atoms with Gasteiger partial charge in [0.1, 0.15) is 23.7 Å². The predicted octanol–water partition coefficient (Wildman–Crippen LogP) is 3.20. The number of carbonyl (C=O) groups excluding carboxylic acids is 5. The monoisotopic (exact) mass is 800 g/mol. The van der Waals surface area contributed by atoms with Crippen LogP contribution in [-0.4, -0.2) is 110 Å². The highest BCUT2D eigenvalue weighted by molar-refractivity contribution is 7.91. The van der Waals surface area contributed by atoms with E-state index in [4.69, 9.17) is 4.74 Å². The third kappa shape index (κ3) is 6.62. The third-order valence-corrected chi connectivity index (χ3v) is 17.8. The summed E-state index contributed by atoms with van der Waals surface area (Å²) in [7, 11) is -3.83. The molecular weight excluding hydrogens is 737 g/mol. The van der Waals surface area contributed by atoms with Crippen LogP contribution in [0.1, 0.15) is 125 Å². The van der Waals surface area contributed by atoms with Gasteiger partial charge in [-0.1, -0.05) is 60.3 Å². The Morgan fingerprint density at radius 2 is 1.48 bits per heavy atom. The molecule has 2 aliphatic heterocycles. The van der Waals surface area contributed by atoms with Crippen molar-refractivity contribution in [2.75, 3.05) is 32.8 Å². The zero-order valence-corrected chi connectivity index (χ0v) is 34.9. The Balaban J connectivity index is 1.06. The standard InChI is InChI=1S/C41H64N6O8S/c1-37(2,3)31(43-33(49)30(26-10-7-6-8-11-26)42-36(52)46-18-20-55-21-19-46)34(50)47-24-40(38(4,5)39(40)16-9-17-39)23-29(47)32(48)44-41(22-28(41)25-12-13-25)35(51)45-56(53,54)27-14-15-27/h25-31H,6-24H2,1-5H3,(H,42,52)(H,43,49)(H,44,48)(H,45,51)/t28-,29-,30-,31+,40+,41+/m0/s1. The molecule has 312 valence electrons. The molecule has 0 aromatic carbocycles. The van der Waals surface area contributed by atoms with E-state index in [0.717, 1.165) is 64.2 Å². The molecule has 0 unspecified atom stereocenters. The number of rotatable bonds is 11. The number of hydrogen-bond acceptors (Lipinski definition) is 8. The van der Waals surface area contributed by atoms with E-state index < -0.39 is 62.1 Å². The van der Waals surface area contributed by atoms with Gasteiger partial charge in [-0.3, -0.25) is 23.9 Å². The zero-order chi connectivity index (χ0) is 40.1. The number of nitrogens with one attached hydrogen (secondary N) is 4.